The molecule has 2 heterocycles. The van der Waals surface area contributed by atoms with Crippen LogP contribution >= 0.6 is 11.6 Å². The van der Waals surface area contributed by atoms with E-state index in [1.54, 1.807) is 24.3 Å². The van der Waals surface area contributed by atoms with E-state index in [1.165, 1.54) is 29.0 Å². The van der Waals surface area contributed by atoms with Crippen molar-refractivity contribution in [1.82, 2.24) is 14.3 Å². The largest absolute Gasteiger partial charge is 0.331 e. The molecule has 2 aromatic carbocycles. The van der Waals surface area contributed by atoms with Gasteiger partial charge in [-0.25, -0.2) is 17.5 Å². The van der Waals surface area contributed by atoms with Crippen LogP contribution in [-0.2, 0) is 16.6 Å². The minimum Gasteiger partial charge on any atom is -0.331 e. The number of nitriles is 1. The van der Waals surface area contributed by atoms with Crippen molar-refractivity contribution in [3.63, 3.8) is 0 Å². The number of fused-ring (bicyclic) bond motifs is 1. The number of benzene rings is 2. The minimum absolute atomic E-state index is 0.104. The Labute approximate surface area is 198 Å². The summed E-state index contributed by atoms with van der Waals surface area (Å²) in [4.78, 5) is 28.4. The fourth-order valence-electron chi connectivity index (χ4n) is 3.75. The van der Waals surface area contributed by atoms with Crippen molar-refractivity contribution in [1.29, 1.82) is 5.26 Å². The van der Waals surface area contributed by atoms with E-state index in [4.69, 9.17) is 16.9 Å². The van der Waals surface area contributed by atoms with E-state index in [2.05, 4.69) is 4.98 Å². The Hall–Kier alpha value is -3.94. The molecule has 0 fully saturated rings. The second-order valence-electron chi connectivity index (χ2n) is 7.51. The summed E-state index contributed by atoms with van der Waals surface area (Å²) in [6, 6.07) is 13.5. The molecule has 11 heteroatoms. The molecule has 4 rings (SSSR count). The van der Waals surface area contributed by atoms with Gasteiger partial charge in [-0.2, -0.15) is 5.26 Å². The molecule has 8 nitrogen and oxygen atoms in total. The summed E-state index contributed by atoms with van der Waals surface area (Å²) in [6.45, 7) is -0.188. The molecule has 2 aromatic heterocycles. The summed E-state index contributed by atoms with van der Waals surface area (Å²) in [5.74, 6) is -1.68. The highest BCUT2D eigenvalue weighted by molar-refractivity contribution is 7.89. The van der Waals surface area contributed by atoms with Gasteiger partial charge in [0.05, 0.1) is 24.4 Å². The number of nitrogens with one attached hydrogen (secondary N) is 2. The number of nitrogens with zero attached hydrogens (tertiary/aromatic N) is 2. The van der Waals surface area contributed by atoms with Crippen LogP contribution < -0.4 is 10.3 Å². The molecular weight excluding hydrogens is 483 g/mol. The Kier molecular flexibility index (Phi) is 6.00. The zero-order valence-corrected chi connectivity index (χ0v) is 19.2. The standard InChI is InChI=1S/C23H16ClFN4O4S/c1-34(32,33)28-23(31)21-20(16-3-2-8-27-22(16)30)17-10-15(24)6-7-19(17)29(21)12-14-5-4-13(11-26)9-18(14)25/h2-10H,12H2,1H3,(H,27,30)(H,28,31). The van der Waals surface area contributed by atoms with Crippen molar-refractivity contribution < 1.29 is 17.6 Å². The number of aromatic amines is 1. The third-order valence-electron chi connectivity index (χ3n) is 5.12. The predicted molar refractivity (Wildman–Crippen MR) is 126 cm³/mol. The van der Waals surface area contributed by atoms with Crippen LogP contribution in [0.1, 0.15) is 21.6 Å². The summed E-state index contributed by atoms with van der Waals surface area (Å²) in [6.07, 6.45) is 2.24. The molecule has 34 heavy (non-hydrogen) atoms. The van der Waals surface area contributed by atoms with E-state index in [1.807, 2.05) is 10.8 Å². The number of hydrogen-bond donors (Lipinski definition) is 2. The Morgan fingerprint density at radius 2 is 2.00 bits per heavy atom. The Balaban J connectivity index is 2.08. The normalized spacial score (nSPS) is 11.4. The first-order valence-corrected chi connectivity index (χ1v) is 12.1. The molecule has 0 saturated carbocycles. The van der Waals surface area contributed by atoms with Crippen LogP contribution in [0.15, 0.2) is 59.5 Å². The summed E-state index contributed by atoms with van der Waals surface area (Å²) in [7, 11) is -3.97. The number of carbonyl (C=O) groups excluding carboxylic acids is 1. The van der Waals surface area contributed by atoms with Gasteiger partial charge >= 0.3 is 0 Å². The number of hydrogen-bond acceptors (Lipinski definition) is 5. The average molecular weight is 499 g/mol. The van der Waals surface area contributed by atoms with Crippen LogP contribution in [0.3, 0.4) is 0 Å². The number of sulfonamides is 1. The quantitative estimate of drug-likeness (QED) is 0.436. The summed E-state index contributed by atoms with van der Waals surface area (Å²) < 4.78 is 41.8. The van der Waals surface area contributed by atoms with E-state index in [-0.39, 0.29) is 34.5 Å². The van der Waals surface area contributed by atoms with Crippen LogP contribution in [0.5, 0.6) is 0 Å². The van der Waals surface area contributed by atoms with E-state index in [0.29, 0.717) is 15.9 Å². The smallest absolute Gasteiger partial charge is 0.282 e. The Morgan fingerprint density at radius 3 is 2.65 bits per heavy atom. The number of rotatable bonds is 5. The number of aromatic nitrogens is 2. The zero-order valence-electron chi connectivity index (χ0n) is 17.6. The lowest BCUT2D eigenvalue weighted by Crippen LogP contribution is -2.32. The molecule has 4 aromatic rings. The molecule has 2 N–H and O–H groups in total. The number of carbonyl (C=O) groups is 1. The molecule has 1 amide bonds. The van der Waals surface area contributed by atoms with Crippen molar-refractivity contribution >= 4 is 38.4 Å². The average Bonchev–Trinajstić information content (AvgIpc) is 3.07. The summed E-state index contributed by atoms with van der Waals surface area (Å²) >= 11 is 6.20. The SMILES string of the molecule is CS(=O)(=O)NC(=O)c1c(-c2ccc[nH]c2=O)c2cc(Cl)ccc2n1Cc1ccc(C#N)cc1F. The van der Waals surface area contributed by atoms with E-state index in [9.17, 15) is 22.4 Å². The van der Waals surface area contributed by atoms with Crippen LogP contribution in [0.4, 0.5) is 4.39 Å². The number of pyridine rings is 1. The third-order valence-corrected chi connectivity index (χ3v) is 5.91. The second-order valence-corrected chi connectivity index (χ2v) is 9.69. The molecule has 0 unspecified atom stereocenters. The monoisotopic (exact) mass is 498 g/mol. The zero-order chi connectivity index (χ0) is 24.6. The van der Waals surface area contributed by atoms with Gasteiger partial charge in [-0.15, -0.1) is 0 Å². The number of halogens is 2. The van der Waals surface area contributed by atoms with Gasteiger partial charge in [0, 0.05) is 38.8 Å². The van der Waals surface area contributed by atoms with Gasteiger partial charge in [0.1, 0.15) is 11.5 Å². The lowest BCUT2D eigenvalue weighted by molar-refractivity contribution is 0.0974. The van der Waals surface area contributed by atoms with Crippen LogP contribution in [0.25, 0.3) is 22.0 Å². The van der Waals surface area contributed by atoms with Gasteiger partial charge in [-0.1, -0.05) is 17.7 Å². The second kappa shape index (κ2) is 8.78. The molecule has 0 spiro atoms. The predicted octanol–water partition coefficient (Wildman–Crippen LogP) is 3.40. The molecule has 0 saturated heterocycles. The maximum atomic E-state index is 14.7. The van der Waals surface area contributed by atoms with Gasteiger partial charge in [-0.05, 0) is 42.5 Å². The fraction of sp³-hybridized carbons (Fsp3) is 0.0870. The molecule has 0 bridgehead atoms. The topological polar surface area (TPSA) is 125 Å². The van der Waals surface area contributed by atoms with E-state index < -0.39 is 27.3 Å². The Bertz CT molecular complexity index is 1670. The summed E-state index contributed by atoms with van der Waals surface area (Å²) in [5, 5.41) is 9.73. The third kappa shape index (κ3) is 4.44. The first-order valence-electron chi connectivity index (χ1n) is 9.79. The van der Waals surface area contributed by atoms with E-state index >= 15 is 0 Å². The van der Waals surface area contributed by atoms with Gasteiger partial charge in [-0.3, -0.25) is 9.59 Å². The van der Waals surface area contributed by atoms with Crippen molar-refractivity contribution in [2.75, 3.05) is 6.26 Å². The molecule has 0 atom stereocenters. The van der Waals surface area contributed by atoms with Gasteiger partial charge in [0.15, 0.2) is 0 Å². The lowest BCUT2D eigenvalue weighted by atomic mass is 10.0. The minimum atomic E-state index is -3.97. The van der Waals surface area contributed by atoms with E-state index in [0.717, 1.165) is 12.3 Å². The molecule has 0 radical (unpaired) electrons. The molecular formula is C23H16ClFN4O4S. The molecule has 172 valence electrons. The maximum absolute atomic E-state index is 14.7. The van der Waals surface area contributed by atoms with Gasteiger partial charge in [0.2, 0.25) is 10.0 Å². The first-order chi connectivity index (χ1) is 16.1. The summed E-state index contributed by atoms with van der Waals surface area (Å²) in [5.41, 5.74) is 0.263. The van der Waals surface area contributed by atoms with Crippen LogP contribution in [-0.4, -0.2) is 30.1 Å². The Morgan fingerprint density at radius 1 is 1.24 bits per heavy atom. The van der Waals surface area contributed by atoms with Crippen LogP contribution in [0.2, 0.25) is 5.02 Å². The van der Waals surface area contributed by atoms with Crippen molar-refractivity contribution in [3.05, 3.63) is 92.7 Å². The fourth-order valence-corrected chi connectivity index (χ4v) is 4.36. The van der Waals surface area contributed by atoms with Crippen molar-refractivity contribution in [2.45, 2.75) is 6.54 Å². The molecule has 0 aliphatic rings. The van der Waals surface area contributed by atoms with Crippen molar-refractivity contribution in [3.8, 4) is 17.2 Å². The number of amides is 1. The molecule has 0 aliphatic heterocycles. The highest BCUT2D eigenvalue weighted by Gasteiger charge is 2.27. The highest BCUT2D eigenvalue weighted by atomic mass is 35.5. The van der Waals surface area contributed by atoms with Crippen molar-refractivity contribution in [2.24, 2.45) is 0 Å². The lowest BCUT2D eigenvalue weighted by Gasteiger charge is -2.13. The highest BCUT2D eigenvalue weighted by Crippen LogP contribution is 2.36. The van der Waals surface area contributed by atoms with Gasteiger partial charge < -0.3 is 9.55 Å². The molecule has 0 aliphatic carbocycles. The van der Waals surface area contributed by atoms with Crippen LogP contribution in [0, 0.1) is 17.1 Å². The number of H-pyrrole nitrogens is 1. The first kappa shape index (κ1) is 23.2. The maximum Gasteiger partial charge on any atom is 0.282 e. The van der Waals surface area contributed by atoms with Gasteiger partial charge in [0.25, 0.3) is 11.5 Å².